The van der Waals surface area contributed by atoms with Gasteiger partial charge in [0, 0.05) is 10.9 Å². The molecule has 1 aromatic carbocycles. The number of thiazole rings is 1. The number of anilines is 2. The highest BCUT2D eigenvalue weighted by Crippen LogP contribution is 2.33. The van der Waals surface area contributed by atoms with Gasteiger partial charge in [-0.1, -0.05) is 0 Å². The first-order valence-electron chi connectivity index (χ1n) is 6.04. The second kappa shape index (κ2) is 5.71. The van der Waals surface area contributed by atoms with E-state index in [4.69, 9.17) is 16.3 Å². The van der Waals surface area contributed by atoms with Gasteiger partial charge in [-0.2, -0.15) is 0 Å². The van der Waals surface area contributed by atoms with Gasteiger partial charge in [0.15, 0.2) is 11.7 Å². The maximum absolute atomic E-state index is 11.3. The van der Waals surface area contributed by atoms with Gasteiger partial charge in [-0.3, -0.25) is 9.59 Å². The van der Waals surface area contributed by atoms with E-state index in [1.807, 2.05) is 11.4 Å². The summed E-state index contributed by atoms with van der Waals surface area (Å²) >= 11 is 6.74. The normalized spacial score (nSPS) is 13.1. The number of fused-ring (bicyclic) bond motifs is 1. The summed E-state index contributed by atoms with van der Waals surface area (Å²) < 4.78 is 5.30. The quantitative estimate of drug-likeness (QED) is 0.849. The van der Waals surface area contributed by atoms with Crippen LogP contribution in [0.15, 0.2) is 23.6 Å². The van der Waals surface area contributed by atoms with Crippen LogP contribution >= 0.6 is 22.9 Å². The Balaban J connectivity index is 1.85. The highest BCUT2D eigenvalue weighted by molar-refractivity contribution is 7.14. The summed E-state index contributed by atoms with van der Waals surface area (Å²) in [5, 5.41) is 7.63. The third kappa shape index (κ3) is 2.98. The number of carbonyl (C=O) groups excluding carboxylic acids is 2. The number of carbonyl (C=O) groups is 2. The molecule has 2 amide bonds. The zero-order valence-corrected chi connectivity index (χ0v) is 12.3. The number of halogens is 1. The fourth-order valence-electron chi connectivity index (χ4n) is 1.86. The summed E-state index contributed by atoms with van der Waals surface area (Å²) in [6.45, 7) is 0.0254. The van der Waals surface area contributed by atoms with E-state index in [-0.39, 0.29) is 24.3 Å². The molecule has 3 rings (SSSR count). The number of aromatic nitrogens is 1. The summed E-state index contributed by atoms with van der Waals surface area (Å²) in [4.78, 5) is 26.8. The molecule has 21 heavy (non-hydrogen) atoms. The van der Waals surface area contributed by atoms with Crippen LogP contribution in [0, 0.1) is 0 Å². The lowest BCUT2D eigenvalue weighted by atomic mass is 10.1. The molecule has 1 aliphatic heterocycles. The van der Waals surface area contributed by atoms with Crippen LogP contribution in [0.2, 0.25) is 0 Å². The van der Waals surface area contributed by atoms with Crippen molar-refractivity contribution in [3.63, 3.8) is 0 Å². The van der Waals surface area contributed by atoms with Gasteiger partial charge < -0.3 is 15.4 Å². The summed E-state index contributed by atoms with van der Waals surface area (Å²) in [6, 6.07) is 5.41. The molecule has 0 spiro atoms. The summed E-state index contributed by atoms with van der Waals surface area (Å²) in [5.74, 6) is 0.0258. The van der Waals surface area contributed by atoms with Crippen molar-refractivity contribution in [3.8, 4) is 17.0 Å². The third-order valence-corrected chi connectivity index (χ3v) is 3.78. The fourth-order valence-corrected chi connectivity index (χ4v) is 2.66. The van der Waals surface area contributed by atoms with Crippen molar-refractivity contribution in [2.75, 3.05) is 23.1 Å². The number of rotatable bonds is 3. The average molecular weight is 324 g/mol. The van der Waals surface area contributed by atoms with Gasteiger partial charge in [0.2, 0.25) is 5.91 Å². The van der Waals surface area contributed by atoms with Crippen LogP contribution in [0.5, 0.6) is 5.75 Å². The van der Waals surface area contributed by atoms with Crippen LogP contribution in [0.3, 0.4) is 0 Å². The van der Waals surface area contributed by atoms with Crippen LogP contribution in [-0.4, -0.2) is 29.3 Å². The molecule has 0 bridgehead atoms. The van der Waals surface area contributed by atoms with E-state index < -0.39 is 0 Å². The lowest BCUT2D eigenvalue weighted by molar-refractivity contribution is -0.118. The fraction of sp³-hybridized carbons (Fsp3) is 0.154. The lowest BCUT2D eigenvalue weighted by Gasteiger charge is -2.18. The molecule has 1 aliphatic rings. The van der Waals surface area contributed by atoms with Crippen molar-refractivity contribution in [2.45, 2.75) is 0 Å². The van der Waals surface area contributed by atoms with Gasteiger partial charge >= 0.3 is 0 Å². The number of nitrogens with zero attached hydrogens (tertiary/aromatic N) is 1. The van der Waals surface area contributed by atoms with Crippen LogP contribution < -0.4 is 15.4 Å². The smallest absolute Gasteiger partial charge is 0.262 e. The minimum absolute atomic E-state index is 0.0254. The molecule has 1 aromatic heterocycles. The zero-order valence-electron chi connectivity index (χ0n) is 10.7. The topological polar surface area (TPSA) is 80.3 Å². The van der Waals surface area contributed by atoms with E-state index >= 15 is 0 Å². The van der Waals surface area contributed by atoms with Crippen molar-refractivity contribution in [3.05, 3.63) is 23.6 Å². The Hall–Kier alpha value is -2.12. The Morgan fingerprint density at radius 1 is 1.52 bits per heavy atom. The molecule has 2 heterocycles. The number of amides is 2. The monoisotopic (exact) mass is 323 g/mol. The molecule has 8 heteroatoms. The van der Waals surface area contributed by atoms with E-state index in [9.17, 15) is 9.59 Å². The third-order valence-electron chi connectivity index (χ3n) is 2.78. The average Bonchev–Trinajstić information content (AvgIpc) is 2.94. The summed E-state index contributed by atoms with van der Waals surface area (Å²) in [5.41, 5.74) is 2.14. The van der Waals surface area contributed by atoms with Gasteiger partial charge in [-0.05, 0) is 18.2 Å². The Labute approximate surface area is 129 Å². The molecule has 108 valence electrons. The van der Waals surface area contributed by atoms with Crippen molar-refractivity contribution >= 4 is 45.6 Å². The molecule has 2 N–H and O–H groups in total. The van der Waals surface area contributed by atoms with Gasteiger partial charge in [-0.15, -0.1) is 22.9 Å². The van der Waals surface area contributed by atoms with Gasteiger partial charge in [0.05, 0.1) is 11.4 Å². The van der Waals surface area contributed by atoms with Gasteiger partial charge in [-0.25, -0.2) is 4.98 Å². The number of benzene rings is 1. The minimum Gasteiger partial charge on any atom is -0.482 e. The number of hydrogen-bond donors (Lipinski definition) is 2. The second-order valence-electron chi connectivity index (χ2n) is 4.27. The predicted octanol–water partition coefficient (Wildman–Crippen LogP) is 2.32. The van der Waals surface area contributed by atoms with Crippen molar-refractivity contribution < 1.29 is 14.3 Å². The molecule has 0 fully saturated rings. The van der Waals surface area contributed by atoms with Crippen LogP contribution in [0.1, 0.15) is 0 Å². The van der Waals surface area contributed by atoms with E-state index in [0.717, 1.165) is 5.56 Å². The van der Waals surface area contributed by atoms with Crippen LogP contribution in [0.4, 0.5) is 10.8 Å². The molecular formula is C13H10ClN3O3S. The standard InChI is InChI=1S/C13H10ClN3O3S/c14-4-11(18)17-13-16-9(6-21-13)7-1-2-10-8(3-7)15-12(19)5-20-10/h1-3,6H,4-5H2,(H,15,19)(H,16,17,18). The molecule has 0 atom stereocenters. The molecule has 6 nitrogen and oxygen atoms in total. The van der Waals surface area contributed by atoms with E-state index in [1.54, 1.807) is 12.1 Å². The highest BCUT2D eigenvalue weighted by atomic mass is 35.5. The molecule has 0 saturated heterocycles. The number of nitrogens with one attached hydrogen (secondary N) is 2. The Morgan fingerprint density at radius 3 is 3.19 bits per heavy atom. The Morgan fingerprint density at radius 2 is 2.38 bits per heavy atom. The van der Waals surface area contributed by atoms with Crippen molar-refractivity contribution in [1.29, 1.82) is 0 Å². The first-order chi connectivity index (χ1) is 10.2. The molecule has 0 unspecified atom stereocenters. The number of hydrogen-bond acceptors (Lipinski definition) is 5. The van der Waals surface area contributed by atoms with Crippen molar-refractivity contribution in [1.82, 2.24) is 4.98 Å². The van der Waals surface area contributed by atoms with Gasteiger partial charge in [0.25, 0.3) is 5.91 Å². The van der Waals surface area contributed by atoms with Crippen molar-refractivity contribution in [2.24, 2.45) is 0 Å². The summed E-state index contributed by atoms with van der Waals surface area (Å²) in [7, 11) is 0. The number of ether oxygens (including phenoxy) is 1. The molecule has 0 radical (unpaired) electrons. The van der Waals surface area contributed by atoms with E-state index in [2.05, 4.69) is 15.6 Å². The SMILES string of the molecule is O=C(CCl)Nc1nc(-c2ccc3c(c2)NC(=O)CO3)cs1. The molecule has 0 saturated carbocycles. The maximum Gasteiger partial charge on any atom is 0.262 e. The Bertz CT molecular complexity index is 716. The predicted molar refractivity (Wildman–Crippen MR) is 81.0 cm³/mol. The van der Waals surface area contributed by atoms with Crippen LogP contribution in [-0.2, 0) is 9.59 Å². The van der Waals surface area contributed by atoms with E-state index in [0.29, 0.717) is 22.3 Å². The van der Waals surface area contributed by atoms with Crippen LogP contribution in [0.25, 0.3) is 11.3 Å². The molecular weight excluding hydrogens is 314 g/mol. The largest absolute Gasteiger partial charge is 0.482 e. The van der Waals surface area contributed by atoms with Gasteiger partial charge in [0.1, 0.15) is 11.6 Å². The highest BCUT2D eigenvalue weighted by Gasteiger charge is 2.17. The van der Waals surface area contributed by atoms with E-state index in [1.165, 1.54) is 11.3 Å². The minimum atomic E-state index is -0.302. The Kier molecular flexibility index (Phi) is 3.76. The maximum atomic E-state index is 11.3. The zero-order chi connectivity index (χ0) is 14.8. The molecule has 0 aliphatic carbocycles. The number of alkyl halides is 1. The second-order valence-corrected chi connectivity index (χ2v) is 5.39. The molecule has 2 aromatic rings. The lowest BCUT2D eigenvalue weighted by Crippen LogP contribution is -2.25. The first-order valence-corrected chi connectivity index (χ1v) is 7.45. The summed E-state index contributed by atoms with van der Waals surface area (Å²) in [6.07, 6.45) is 0. The first kappa shape index (κ1) is 13.8.